The summed E-state index contributed by atoms with van der Waals surface area (Å²) >= 11 is 0. The van der Waals surface area contributed by atoms with Crippen LogP contribution in [-0.2, 0) is 19.1 Å². The lowest BCUT2D eigenvalue weighted by Crippen LogP contribution is -2.07. The van der Waals surface area contributed by atoms with Gasteiger partial charge in [-0.25, -0.2) is 0 Å². The molecule has 0 unspecified atom stereocenters. The van der Waals surface area contributed by atoms with Crippen molar-refractivity contribution in [2.24, 2.45) is 0 Å². The van der Waals surface area contributed by atoms with Crippen LogP contribution in [0.1, 0.15) is 84.5 Å². The lowest BCUT2D eigenvalue weighted by Gasteiger charge is -2.19. The fraction of sp³-hybridized carbons (Fsp3) is 0.778. The van der Waals surface area contributed by atoms with Gasteiger partial charge in [-0.05, 0) is 51.0 Å². The average Bonchev–Trinajstić information content (AvgIpc) is 2.47. The molecule has 0 saturated heterocycles. The molecule has 0 atom stereocenters. The summed E-state index contributed by atoms with van der Waals surface area (Å²) < 4.78 is 10.2. The fourth-order valence-corrected chi connectivity index (χ4v) is 2.87. The largest absolute Gasteiger partial charge is 0.466 e. The van der Waals surface area contributed by atoms with Crippen molar-refractivity contribution in [1.29, 1.82) is 0 Å². The summed E-state index contributed by atoms with van der Waals surface area (Å²) in [7, 11) is 0. The Morgan fingerprint density at radius 3 is 2.41 bits per heavy atom. The van der Waals surface area contributed by atoms with Crippen LogP contribution in [-0.4, -0.2) is 18.5 Å². The molecule has 0 spiro atoms. The molecule has 0 heterocycles. The highest BCUT2D eigenvalue weighted by Gasteiger charge is 2.15. The van der Waals surface area contributed by atoms with E-state index in [1.165, 1.54) is 25.3 Å². The van der Waals surface area contributed by atoms with E-state index >= 15 is 0 Å². The van der Waals surface area contributed by atoms with Crippen LogP contribution in [0.5, 0.6) is 0 Å². The predicted octanol–water partition coefficient (Wildman–Crippen LogP) is 4.67. The number of hydrogen-bond acceptors (Lipinski definition) is 4. The third-order valence-corrected chi connectivity index (χ3v) is 3.96. The van der Waals surface area contributed by atoms with Gasteiger partial charge in [-0.3, -0.25) is 9.59 Å². The Hall–Kier alpha value is -1.32. The van der Waals surface area contributed by atoms with E-state index < -0.39 is 0 Å². The maximum atomic E-state index is 11.2. The summed E-state index contributed by atoms with van der Waals surface area (Å²) in [5.74, 6) is 0.648. The molecule has 0 amide bonds. The summed E-state index contributed by atoms with van der Waals surface area (Å²) in [6.07, 6.45) is 11.3. The Morgan fingerprint density at radius 1 is 1.00 bits per heavy atom. The Kier molecular flexibility index (Phi) is 9.60. The molecular weight excluding hydrogens is 280 g/mol. The van der Waals surface area contributed by atoms with Crippen molar-refractivity contribution >= 4 is 11.9 Å². The second-order valence-corrected chi connectivity index (χ2v) is 5.90. The van der Waals surface area contributed by atoms with E-state index in [4.69, 9.17) is 9.47 Å². The zero-order valence-corrected chi connectivity index (χ0v) is 14.1. The first kappa shape index (κ1) is 18.7. The third kappa shape index (κ3) is 8.20. The number of hydrogen-bond donors (Lipinski definition) is 0. The number of unbranched alkanes of at least 4 members (excludes halogenated alkanes) is 4. The number of carbonyl (C=O) groups is 2. The van der Waals surface area contributed by atoms with Crippen molar-refractivity contribution < 1.29 is 19.1 Å². The summed E-state index contributed by atoms with van der Waals surface area (Å²) in [6.45, 7) is 3.78. The van der Waals surface area contributed by atoms with Crippen LogP contribution < -0.4 is 0 Å². The Morgan fingerprint density at radius 2 is 1.68 bits per heavy atom. The van der Waals surface area contributed by atoms with Crippen LogP contribution in [0.4, 0.5) is 0 Å². The molecule has 0 aliphatic heterocycles. The lowest BCUT2D eigenvalue weighted by molar-refractivity contribution is -0.143. The van der Waals surface area contributed by atoms with Gasteiger partial charge in [0.1, 0.15) is 5.76 Å². The first-order valence-electron chi connectivity index (χ1n) is 8.68. The van der Waals surface area contributed by atoms with Crippen molar-refractivity contribution in [3.05, 3.63) is 11.3 Å². The van der Waals surface area contributed by atoms with Gasteiger partial charge in [0.25, 0.3) is 0 Å². The minimum Gasteiger partial charge on any atom is -0.466 e. The van der Waals surface area contributed by atoms with Crippen LogP contribution in [0, 0.1) is 0 Å². The second kappa shape index (κ2) is 11.3. The van der Waals surface area contributed by atoms with Crippen molar-refractivity contribution in [2.45, 2.75) is 84.5 Å². The van der Waals surface area contributed by atoms with Gasteiger partial charge in [0, 0.05) is 19.8 Å². The molecule has 126 valence electrons. The minimum atomic E-state index is -0.201. The molecule has 1 aliphatic rings. The van der Waals surface area contributed by atoms with E-state index in [9.17, 15) is 9.59 Å². The van der Waals surface area contributed by atoms with Gasteiger partial charge in [-0.2, -0.15) is 0 Å². The molecule has 0 fully saturated rings. The summed E-state index contributed by atoms with van der Waals surface area (Å²) in [6, 6.07) is 0. The Balaban J connectivity index is 2.13. The smallest absolute Gasteiger partial charge is 0.307 e. The first-order valence-corrected chi connectivity index (χ1v) is 8.68. The van der Waals surface area contributed by atoms with Gasteiger partial charge in [0.15, 0.2) is 0 Å². The molecule has 0 bridgehead atoms. The van der Waals surface area contributed by atoms with E-state index in [-0.39, 0.29) is 11.9 Å². The number of rotatable bonds is 10. The van der Waals surface area contributed by atoms with E-state index in [1.54, 1.807) is 0 Å². The van der Waals surface area contributed by atoms with Crippen LogP contribution in [0.2, 0.25) is 0 Å². The lowest BCUT2D eigenvalue weighted by atomic mass is 9.93. The molecule has 0 saturated carbocycles. The number of esters is 2. The van der Waals surface area contributed by atoms with Crippen molar-refractivity contribution in [1.82, 2.24) is 0 Å². The average molecular weight is 310 g/mol. The van der Waals surface area contributed by atoms with E-state index in [2.05, 4.69) is 0 Å². The monoisotopic (exact) mass is 310 g/mol. The van der Waals surface area contributed by atoms with Gasteiger partial charge >= 0.3 is 11.9 Å². The summed E-state index contributed by atoms with van der Waals surface area (Å²) in [5, 5.41) is 0. The molecule has 0 N–H and O–H groups in total. The maximum Gasteiger partial charge on any atom is 0.307 e. The highest BCUT2D eigenvalue weighted by molar-refractivity contribution is 5.69. The predicted molar refractivity (Wildman–Crippen MR) is 86.2 cm³/mol. The van der Waals surface area contributed by atoms with Gasteiger partial charge in [-0.1, -0.05) is 19.3 Å². The van der Waals surface area contributed by atoms with Gasteiger partial charge in [0.2, 0.25) is 0 Å². The molecule has 0 aromatic carbocycles. The van der Waals surface area contributed by atoms with Crippen LogP contribution >= 0.6 is 0 Å². The highest BCUT2D eigenvalue weighted by Crippen LogP contribution is 2.29. The van der Waals surface area contributed by atoms with Crippen LogP contribution in [0.15, 0.2) is 11.3 Å². The van der Waals surface area contributed by atoms with Crippen LogP contribution in [0.25, 0.3) is 0 Å². The molecule has 0 radical (unpaired) electrons. The first-order chi connectivity index (χ1) is 10.6. The van der Waals surface area contributed by atoms with Gasteiger partial charge < -0.3 is 9.47 Å². The highest BCUT2D eigenvalue weighted by atomic mass is 16.5. The molecule has 22 heavy (non-hydrogen) atoms. The van der Waals surface area contributed by atoms with Gasteiger partial charge in [0.05, 0.1) is 6.61 Å². The van der Waals surface area contributed by atoms with E-state index in [1.807, 2.05) is 6.92 Å². The number of ether oxygens (including phenoxy) is 2. The SMILES string of the molecule is CCOC(=O)CCCCCCCC1=C(OC(C)=O)CCCC1. The third-order valence-electron chi connectivity index (χ3n) is 3.96. The fourth-order valence-electron chi connectivity index (χ4n) is 2.87. The maximum absolute atomic E-state index is 11.2. The van der Waals surface area contributed by atoms with E-state index in [0.29, 0.717) is 13.0 Å². The topological polar surface area (TPSA) is 52.6 Å². The second-order valence-electron chi connectivity index (χ2n) is 5.90. The van der Waals surface area contributed by atoms with Crippen molar-refractivity contribution in [3.8, 4) is 0 Å². The molecule has 4 heteroatoms. The zero-order chi connectivity index (χ0) is 16.2. The zero-order valence-electron chi connectivity index (χ0n) is 14.1. The summed E-state index contributed by atoms with van der Waals surface area (Å²) in [5.41, 5.74) is 1.34. The normalized spacial score (nSPS) is 14.8. The quantitative estimate of drug-likeness (QED) is 0.434. The number of allylic oxidation sites excluding steroid dienone is 2. The van der Waals surface area contributed by atoms with Crippen molar-refractivity contribution in [2.75, 3.05) is 6.61 Å². The Bertz CT molecular complexity index is 385. The standard InChI is InChI=1S/C18H30O4/c1-3-21-18(20)14-8-6-4-5-7-11-16-12-9-10-13-17(16)22-15(2)19/h3-14H2,1-2H3. The molecule has 1 aliphatic carbocycles. The summed E-state index contributed by atoms with van der Waals surface area (Å²) in [4.78, 5) is 22.3. The van der Waals surface area contributed by atoms with Crippen molar-refractivity contribution in [3.63, 3.8) is 0 Å². The molecule has 0 aromatic heterocycles. The molecule has 0 aromatic rings. The van der Waals surface area contributed by atoms with Crippen LogP contribution in [0.3, 0.4) is 0 Å². The molecule has 4 nitrogen and oxygen atoms in total. The number of carbonyl (C=O) groups excluding carboxylic acids is 2. The molecular formula is C18H30O4. The molecule has 1 rings (SSSR count). The van der Waals surface area contributed by atoms with E-state index in [0.717, 1.165) is 57.1 Å². The minimum absolute atomic E-state index is 0.0825. The Labute approximate surface area is 134 Å². The van der Waals surface area contributed by atoms with Gasteiger partial charge in [-0.15, -0.1) is 0 Å².